The SMILES string of the molecule is Cc1nn(C2CCC(=O)NC2=O)c2cccc(CCN3CCN(c4ccc(-c5cc(C6=CCCN(C(=O)C(C)C)C6)c(F)c6[nH]c(C(=O)N(C)C)cc56)cc4F)CC3)c12. The minimum Gasteiger partial charge on any atom is -0.367 e. The molecule has 14 heteroatoms. The molecule has 0 spiro atoms. The minimum absolute atomic E-state index is 0.000880. The monoisotopic (exact) mass is 804 g/mol. The topological polar surface area (TPSA) is 127 Å². The summed E-state index contributed by atoms with van der Waals surface area (Å²) in [6.45, 7) is 10.0. The maximum absolute atomic E-state index is 16.5. The van der Waals surface area contributed by atoms with Crippen molar-refractivity contribution >= 4 is 56.7 Å². The van der Waals surface area contributed by atoms with Gasteiger partial charge in [0.05, 0.1) is 22.4 Å². The van der Waals surface area contributed by atoms with Crippen molar-refractivity contribution in [2.45, 2.75) is 52.5 Å². The van der Waals surface area contributed by atoms with E-state index in [4.69, 9.17) is 5.10 Å². The molecule has 2 N–H and O–H groups in total. The van der Waals surface area contributed by atoms with Crippen LogP contribution in [0.2, 0.25) is 0 Å². The zero-order valence-corrected chi connectivity index (χ0v) is 34.2. The summed E-state index contributed by atoms with van der Waals surface area (Å²) in [5, 5.41) is 8.67. The van der Waals surface area contributed by atoms with Crippen LogP contribution >= 0.6 is 0 Å². The van der Waals surface area contributed by atoms with Crippen LogP contribution in [0.3, 0.4) is 0 Å². The highest BCUT2D eigenvalue weighted by Gasteiger charge is 2.31. The maximum Gasteiger partial charge on any atom is 0.269 e. The molecular formula is C45H50F2N8O4. The van der Waals surface area contributed by atoms with Crippen LogP contribution in [0.1, 0.15) is 66.5 Å². The fourth-order valence-electron chi connectivity index (χ4n) is 8.82. The van der Waals surface area contributed by atoms with Gasteiger partial charge in [-0.1, -0.05) is 38.1 Å². The number of benzene rings is 3. The van der Waals surface area contributed by atoms with Crippen LogP contribution < -0.4 is 10.2 Å². The summed E-state index contributed by atoms with van der Waals surface area (Å²) in [7, 11) is 3.26. The molecule has 3 aliphatic rings. The van der Waals surface area contributed by atoms with Crippen molar-refractivity contribution in [3.8, 4) is 11.1 Å². The molecule has 1 atom stereocenters. The van der Waals surface area contributed by atoms with E-state index in [1.54, 1.807) is 41.9 Å². The van der Waals surface area contributed by atoms with Gasteiger partial charge in [0, 0.05) is 88.6 Å². The van der Waals surface area contributed by atoms with E-state index in [-0.39, 0.29) is 53.7 Å². The van der Waals surface area contributed by atoms with Crippen LogP contribution in [0.25, 0.3) is 38.5 Å². The Morgan fingerprint density at radius 3 is 2.47 bits per heavy atom. The number of amides is 4. The molecular weight excluding hydrogens is 755 g/mol. The van der Waals surface area contributed by atoms with E-state index in [9.17, 15) is 19.2 Å². The highest BCUT2D eigenvalue weighted by Crippen LogP contribution is 2.38. The molecule has 308 valence electrons. The summed E-state index contributed by atoms with van der Waals surface area (Å²) >= 11 is 0. The Bertz CT molecular complexity index is 2530. The second-order valence-electron chi connectivity index (χ2n) is 16.4. The van der Waals surface area contributed by atoms with E-state index in [2.05, 4.69) is 21.3 Å². The molecule has 1 unspecified atom stereocenters. The van der Waals surface area contributed by atoms with E-state index < -0.39 is 17.7 Å². The lowest BCUT2D eigenvalue weighted by atomic mass is 9.92. The number of imide groups is 1. The number of hydrogen-bond donors (Lipinski definition) is 2. The first-order valence-electron chi connectivity index (χ1n) is 20.4. The zero-order chi connectivity index (χ0) is 41.7. The van der Waals surface area contributed by atoms with Gasteiger partial charge in [0.1, 0.15) is 17.6 Å². The van der Waals surface area contributed by atoms with Gasteiger partial charge in [0.15, 0.2) is 5.82 Å². The number of anilines is 1. The summed E-state index contributed by atoms with van der Waals surface area (Å²) < 4.78 is 34.4. The predicted octanol–water partition coefficient (Wildman–Crippen LogP) is 6.09. The number of rotatable bonds is 9. The molecule has 2 aromatic heterocycles. The summed E-state index contributed by atoms with van der Waals surface area (Å²) in [4.78, 5) is 60.9. The third-order valence-corrected chi connectivity index (χ3v) is 12.0. The molecule has 3 aromatic carbocycles. The molecule has 3 aliphatic heterocycles. The van der Waals surface area contributed by atoms with Crippen molar-refractivity contribution < 1.29 is 28.0 Å². The average Bonchev–Trinajstić information content (AvgIpc) is 3.82. The van der Waals surface area contributed by atoms with Gasteiger partial charge in [0.25, 0.3) is 11.8 Å². The molecule has 4 amide bonds. The van der Waals surface area contributed by atoms with Crippen LogP contribution in [0, 0.1) is 24.5 Å². The molecule has 2 fully saturated rings. The number of piperazine rings is 1. The normalized spacial score (nSPS) is 17.9. The number of aromatic amines is 1. The van der Waals surface area contributed by atoms with Crippen molar-refractivity contribution in [1.29, 1.82) is 0 Å². The number of fused-ring (bicyclic) bond motifs is 2. The Hall–Kier alpha value is -5.89. The zero-order valence-electron chi connectivity index (χ0n) is 34.2. The molecule has 5 heterocycles. The Balaban J connectivity index is 0.999. The third-order valence-electron chi connectivity index (χ3n) is 12.0. The van der Waals surface area contributed by atoms with Crippen LogP contribution in [0.15, 0.2) is 54.6 Å². The number of carbonyl (C=O) groups excluding carboxylic acids is 4. The van der Waals surface area contributed by atoms with E-state index in [0.717, 1.165) is 48.2 Å². The summed E-state index contributed by atoms with van der Waals surface area (Å²) in [5.41, 5.74) is 5.86. The maximum atomic E-state index is 16.5. The number of halogens is 2. The molecule has 2 saturated heterocycles. The van der Waals surface area contributed by atoms with Crippen LogP contribution in [-0.2, 0) is 20.8 Å². The fourth-order valence-corrected chi connectivity index (χ4v) is 8.82. The average molecular weight is 805 g/mol. The smallest absolute Gasteiger partial charge is 0.269 e. The number of carbonyl (C=O) groups is 4. The Morgan fingerprint density at radius 1 is 0.983 bits per heavy atom. The Morgan fingerprint density at radius 2 is 1.76 bits per heavy atom. The Labute approximate surface area is 341 Å². The van der Waals surface area contributed by atoms with Gasteiger partial charge in [0.2, 0.25) is 11.8 Å². The first kappa shape index (κ1) is 39.9. The van der Waals surface area contributed by atoms with E-state index in [1.807, 2.05) is 49.9 Å². The number of nitrogens with one attached hydrogen (secondary N) is 2. The molecule has 12 nitrogen and oxygen atoms in total. The lowest BCUT2D eigenvalue weighted by Crippen LogP contribution is -2.47. The molecule has 0 radical (unpaired) electrons. The first-order chi connectivity index (χ1) is 28.3. The Kier molecular flexibility index (Phi) is 10.9. The summed E-state index contributed by atoms with van der Waals surface area (Å²) in [6.07, 6.45) is 4.02. The van der Waals surface area contributed by atoms with Gasteiger partial charge in [-0.15, -0.1) is 0 Å². The van der Waals surface area contributed by atoms with Gasteiger partial charge in [-0.25, -0.2) is 8.78 Å². The lowest BCUT2D eigenvalue weighted by molar-refractivity contribution is -0.136. The van der Waals surface area contributed by atoms with Crippen molar-refractivity contribution in [2.75, 3.05) is 64.8 Å². The quantitative estimate of drug-likeness (QED) is 0.173. The van der Waals surface area contributed by atoms with Crippen molar-refractivity contribution in [3.63, 3.8) is 0 Å². The number of H-pyrrole nitrogens is 1. The van der Waals surface area contributed by atoms with E-state index in [0.29, 0.717) is 65.8 Å². The van der Waals surface area contributed by atoms with Crippen LogP contribution in [0.5, 0.6) is 0 Å². The van der Waals surface area contributed by atoms with Gasteiger partial charge in [-0.2, -0.15) is 5.10 Å². The summed E-state index contributed by atoms with van der Waals surface area (Å²) in [5.74, 6) is -2.00. The molecule has 0 bridgehead atoms. The highest BCUT2D eigenvalue weighted by atomic mass is 19.1. The predicted molar refractivity (Wildman–Crippen MR) is 224 cm³/mol. The first-order valence-corrected chi connectivity index (χ1v) is 20.4. The van der Waals surface area contributed by atoms with Crippen molar-refractivity contribution in [3.05, 3.63) is 88.8 Å². The minimum atomic E-state index is -0.524. The highest BCUT2D eigenvalue weighted by molar-refractivity contribution is 6.05. The molecule has 0 aliphatic carbocycles. The largest absolute Gasteiger partial charge is 0.367 e. The molecule has 5 aromatic rings. The van der Waals surface area contributed by atoms with Gasteiger partial charge < -0.3 is 19.7 Å². The number of hydrogen-bond acceptors (Lipinski definition) is 7. The second kappa shape index (κ2) is 16.0. The standard InChI is InChI=1S/C45H50F2N8O4/c1-26(2)44(58)54-16-7-9-30(25-54)32-23-31(33-24-35(45(59)51(4)5)48-42(33)41(32)47)29-11-12-36(34(46)22-29)53-20-18-52(19-21-53)17-15-28-8-6-10-37-40(28)27(3)50-55(37)38-13-14-39(56)49-43(38)57/h6,8-12,22-24,26,38,48H,7,13-21,25H2,1-5H3,(H,49,56,57). The van der Waals surface area contributed by atoms with E-state index >= 15 is 8.78 Å². The number of aromatic nitrogens is 3. The fraction of sp³-hybridized carbons (Fsp3) is 0.400. The van der Waals surface area contributed by atoms with Gasteiger partial charge >= 0.3 is 0 Å². The van der Waals surface area contributed by atoms with Crippen LogP contribution in [-0.4, -0.2) is 113 Å². The molecule has 0 saturated carbocycles. The lowest BCUT2D eigenvalue weighted by Gasteiger charge is -2.36. The van der Waals surface area contributed by atoms with Crippen molar-refractivity contribution in [2.24, 2.45) is 5.92 Å². The van der Waals surface area contributed by atoms with Gasteiger partial charge in [-0.3, -0.25) is 34.1 Å². The second-order valence-corrected chi connectivity index (χ2v) is 16.4. The van der Waals surface area contributed by atoms with Crippen molar-refractivity contribution in [1.82, 2.24) is 34.8 Å². The molecule has 59 heavy (non-hydrogen) atoms. The molecule has 8 rings (SSSR count). The number of aryl methyl sites for hydroxylation is 1. The number of piperidine rings is 1. The van der Waals surface area contributed by atoms with E-state index in [1.165, 1.54) is 11.0 Å². The van der Waals surface area contributed by atoms with Gasteiger partial charge in [-0.05, 0) is 78.8 Å². The summed E-state index contributed by atoms with van der Waals surface area (Å²) in [6, 6.07) is 14.0. The third kappa shape index (κ3) is 7.61. The van der Waals surface area contributed by atoms with Crippen LogP contribution in [0.4, 0.5) is 14.5 Å². The number of nitrogens with zero attached hydrogens (tertiary/aromatic N) is 6.